The lowest BCUT2D eigenvalue weighted by atomic mass is 9.86. The van der Waals surface area contributed by atoms with Gasteiger partial charge in [-0.15, -0.1) is 0 Å². The third-order valence-electron chi connectivity index (χ3n) is 3.58. The van der Waals surface area contributed by atoms with Crippen molar-refractivity contribution in [1.82, 2.24) is 4.90 Å². The van der Waals surface area contributed by atoms with Crippen LogP contribution >= 0.6 is 0 Å². The van der Waals surface area contributed by atoms with Crippen LogP contribution < -0.4 is 0 Å². The van der Waals surface area contributed by atoms with E-state index in [1.54, 1.807) is 0 Å². The van der Waals surface area contributed by atoms with Gasteiger partial charge in [-0.25, -0.2) is 0 Å². The van der Waals surface area contributed by atoms with E-state index in [0.29, 0.717) is 0 Å². The molecule has 1 saturated heterocycles. The molecule has 0 radical (unpaired) electrons. The first kappa shape index (κ1) is 12.0. The first-order chi connectivity index (χ1) is 6.71. The topological polar surface area (TPSA) is 12.5 Å². The number of hydrogen-bond donors (Lipinski definition) is 0. The van der Waals surface area contributed by atoms with E-state index in [-0.39, 0.29) is 5.60 Å². The Hall–Kier alpha value is -0.0800. The van der Waals surface area contributed by atoms with Crippen LogP contribution in [0, 0.1) is 0 Å². The van der Waals surface area contributed by atoms with Crippen LogP contribution in [0.3, 0.4) is 0 Å². The Labute approximate surface area is 88.6 Å². The van der Waals surface area contributed by atoms with E-state index in [4.69, 9.17) is 4.74 Å². The molecule has 84 valence electrons. The highest BCUT2D eigenvalue weighted by molar-refractivity contribution is 4.98. The molecule has 1 rings (SSSR count). The lowest BCUT2D eigenvalue weighted by Gasteiger charge is -2.52. The van der Waals surface area contributed by atoms with E-state index in [0.717, 1.165) is 19.1 Å². The molecule has 0 aromatic rings. The average Bonchev–Trinajstić information content (AvgIpc) is 2.15. The maximum absolute atomic E-state index is 5.64. The predicted molar refractivity (Wildman–Crippen MR) is 60.6 cm³/mol. The quantitative estimate of drug-likeness (QED) is 0.652. The highest BCUT2D eigenvalue weighted by atomic mass is 16.5. The largest absolute Gasteiger partial charge is 0.376 e. The van der Waals surface area contributed by atoms with Crippen molar-refractivity contribution in [3.8, 4) is 0 Å². The molecule has 14 heavy (non-hydrogen) atoms. The predicted octanol–water partition coefficient (Wildman–Crippen LogP) is 2.68. The summed E-state index contributed by atoms with van der Waals surface area (Å²) >= 11 is 0. The molecule has 0 aromatic carbocycles. The summed E-state index contributed by atoms with van der Waals surface area (Å²) in [5, 5.41) is 0. The zero-order valence-corrected chi connectivity index (χ0v) is 10.2. The van der Waals surface area contributed by atoms with Crippen molar-refractivity contribution in [2.75, 3.05) is 20.2 Å². The van der Waals surface area contributed by atoms with Crippen LogP contribution in [0.5, 0.6) is 0 Å². The minimum absolute atomic E-state index is 0.192. The van der Waals surface area contributed by atoms with Gasteiger partial charge in [-0.1, -0.05) is 27.2 Å². The fraction of sp³-hybridized carbons (Fsp3) is 1.00. The average molecular weight is 199 g/mol. The number of ether oxygens (including phenoxy) is 1. The molecule has 2 heteroatoms. The van der Waals surface area contributed by atoms with Gasteiger partial charge in [0.15, 0.2) is 0 Å². The van der Waals surface area contributed by atoms with Gasteiger partial charge in [0.1, 0.15) is 0 Å². The SMILES string of the molecule is CCCC1(OC)CN(C(CC)CC)C1. The number of likely N-dealkylation sites (tertiary alicyclic amines) is 1. The second-order valence-corrected chi connectivity index (χ2v) is 4.51. The molecule has 1 fully saturated rings. The van der Waals surface area contributed by atoms with Crippen LogP contribution in [0.25, 0.3) is 0 Å². The Bertz CT molecular complexity index is 160. The third-order valence-corrected chi connectivity index (χ3v) is 3.58. The molecule has 0 atom stereocenters. The summed E-state index contributed by atoms with van der Waals surface area (Å²) in [4.78, 5) is 2.57. The van der Waals surface area contributed by atoms with Gasteiger partial charge >= 0.3 is 0 Å². The summed E-state index contributed by atoms with van der Waals surface area (Å²) < 4.78 is 5.64. The molecular formula is C12H25NO. The zero-order chi connectivity index (χ0) is 10.6. The van der Waals surface area contributed by atoms with Crippen molar-refractivity contribution in [2.24, 2.45) is 0 Å². The van der Waals surface area contributed by atoms with Crippen molar-refractivity contribution in [3.05, 3.63) is 0 Å². The van der Waals surface area contributed by atoms with Gasteiger partial charge in [0.05, 0.1) is 5.60 Å². The Morgan fingerprint density at radius 2 is 1.79 bits per heavy atom. The van der Waals surface area contributed by atoms with Gasteiger partial charge < -0.3 is 4.74 Å². The Morgan fingerprint density at radius 1 is 1.21 bits per heavy atom. The Kier molecular flexibility index (Phi) is 4.39. The van der Waals surface area contributed by atoms with Crippen LogP contribution in [0.2, 0.25) is 0 Å². The molecular weight excluding hydrogens is 174 g/mol. The molecule has 0 spiro atoms. The molecule has 0 N–H and O–H groups in total. The molecule has 2 nitrogen and oxygen atoms in total. The van der Waals surface area contributed by atoms with Crippen molar-refractivity contribution < 1.29 is 4.74 Å². The van der Waals surface area contributed by atoms with Crippen molar-refractivity contribution in [1.29, 1.82) is 0 Å². The minimum atomic E-state index is 0.192. The van der Waals surface area contributed by atoms with Crippen LogP contribution in [-0.4, -0.2) is 36.7 Å². The Morgan fingerprint density at radius 3 is 2.14 bits per heavy atom. The Balaban J connectivity index is 2.39. The highest BCUT2D eigenvalue weighted by Gasteiger charge is 2.44. The summed E-state index contributed by atoms with van der Waals surface area (Å²) in [6.07, 6.45) is 4.97. The molecule has 1 heterocycles. The fourth-order valence-corrected chi connectivity index (χ4v) is 2.60. The van der Waals surface area contributed by atoms with E-state index >= 15 is 0 Å². The molecule has 1 aliphatic rings. The van der Waals surface area contributed by atoms with E-state index in [1.807, 2.05) is 7.11 Å². The van der Waals surface area contributed by atoms with Gasteiger partial charge in [-0.3, -0.25) is 4.90 Å². The van der Waals surface area contributed by atoms with E-state index < -0.39 is 0 Å². The zero-order valence-electron chi connectivity index (χ0n) is 10.2. The van der Waals surface area contributed by atoms with E-state index in [9.17, 15) is 0 Å². The number of methoxy groups -OCH3 is 1. The van der Waals surface area contributed by atoms with Gasteiger partial charge in [0, 0.05) is 26.2 Å². The first-order valence-corrected chi connectivity index (χ1v) is 6.00. The number of nitrogens with zero attached hydrogens (tertiary/aromatic N) is 1. The van der Waals surface area contributed by atoms with Crippen LogP contribution in [0.15, 0.2) is 0 Å². The third kappa shape index (κ3) is 2.29. The lowest BCUT2D eigenvalue weighted by molar-refractivity contribution is -0.143. The number of hydrogen-bond acceptors (Lipinski definition) is 2. The summed E-state index contributed by atoms with van der Waals surface area (Å²) in [6, 6.07) is 0.773. The van der Waals surface area contributed by atoms with Crippen LogP contribution in [-0.2, 0) is 4.74 Å². The van der Waals surface area contributed by atoms with Gasteiger partial charge in [0.2, 0.25) is 0 Å². The maximum Gasteiger partial charge on any atom is 0.0931 e. The van der Waals surface area contributed by atoms with Crippen molar-refractivity contribution in [2.45, 2.75) is 58.1 Å². The molecule has 0 bridgehead atoms. The smallest absolute Gasteiger partial charge is 0.0931 e. The monoisotopic (exact) mass is 199 g/mol. The molecule has 0 unspecified atom stereocenters. The lowest BCUT2D eigenvalue weighted by Crippen LogP contribution is -2.65. The maximum atomic E-state index is 5.64. The second kappa shape index (κ2) is 5.13. The molecule has 1 aliphatic heterocycles. The second-order valence-electron chi connectivity index (χ2n) is 4.51. The highest BCUT2D eigenvalue weighted by Crippen LogP contribution is 2.32. The van der Waals surface area contributed by atoms with Crippen LogP contribution in [0.4, 0.5) is 0 Å². The molecule has 0 aromatic heterocycles. The molecule has 0 amide bonds. The normalized spacial score (nSPS) is 21.2. The van der Waals surface area contributed by atoms with Gasteiger partial charge in [0.25, 0.3) is 0 Å². The van der Waals surface area contributed by atoms with Crippen molar-refractivity contribution >= 4 is 0 Å². The molecule has 0 aliphatic carbocycles. The summed E-state index contributed by atoms with van der Waals surface area (Å²) in [5.74, 6) is 0. The fourth-order valence-electron chi connectivity index (χ4n) is 2.60. The number of rotatable bonds is 6. The summed E-state index contributed by atoms with van der Waals surface area (Å²) in [7, 11) is 1.86. The minimum Gasteiger partial charge on any atom is -0.376 e. The summed E-state index contributed by atoms with van der Waals surface area (Å²) in [5.41, 5.74) is 0.192. The van der Waals surface area contributed by atoms with Gasteiger partial charge in [-0.05, 0) is 19.3 Å². The summed E-state index contributed by atoms with van der Waals surface area (Å²) in [6.45, 7) is 9.08. The first-order valence-electron chi connectivity index (χ1n) is 6.00. The standard InChI is InChI=1S/C12H25NO/c1-5-8-12(14-4)9-13(10-12)11(6-2)7-3/h11H,5-10H2,1-4H3. The van der Waals surface area contributed by atoms with Crippen LogP contribution in [0.1, 0.15) is 46.5 Å². The molecule has 0 saturated carbocycles. The van der Waals surface area contributed by atoms with E-state index in [1.165, 1.54) is 25.7 Å². The van der Waals surface area contributed by atoms with E-state index in [2.05, 4.69) is 25.7 Å². The van der Waals surface area contributed by atoms with Gasteiger partial charge in [-0.2, -0.15) is 0 Å². The van der Waals surface area contributed by atoms with Crippen molar-refractivity contribution in [3.63, 3.8) is 0 Å².